The average Bonchev–Trinajstić information content (AvgIpc) is 2.78. The van der Waals surface area contributed by atoms with E-state index in [1.807, 2.05) is 24.3 Å². The van der Waals surface area contributed by atoms with Crippen molar-refractivity contribution in [3.63, 3.8) is 0 Å². The molecular formula is C22H22ClN3O4S. The van der Waals surface area contributed by atoms with Crippen molar-refractivity contribution in [2.45, 2.75) is 11.8 Å². The van der Waals surface area contributed by atoms with Gasteiger partial charge in [0.2, 0.25) is 10.0 Å². The van der Waals surface area contributed by atoms with Crippen LogP contribution in [-0.2, 0) is 10.0 Å². The van der Waals surface area contributed by atoms with Crippen molar-refractivity contribution in [1.29, 1.82) is 0 Å². The lowest BCUT2D eigenvalue weighted by Crippen LogP contribution is -2.50. The fourth-order valence-electron chi connectivity index (χ4n) is 3.68. The van der Waals surface area contributed by atoms with Gasteiger partial charge in [-0.05, 0) is 37.3 Å². The molecule has 2 aromatic carbocycles. The van der Waals surface area contributed by atoms with Crippen LogP contribution >= 0.6 is 11.6 Å². The van der Waals surface area contributed by atoms with E-state index in [0.717, 1.165) is 10.9 Å². The largest absolute Gasteiger partial charge is 0.497 e. The molecule has 162 valence electrons. The number of aromatic nitrogens is 1. The molecular weight excluding hydrogens is 438 g/mol. The SMILES string of the molecule is COc1ccc2cc(C(=O)N3CCN(S(=O)(=O)c4ccccc4Cl)CC3)c(C)nc2c1. The van der Waals surface area contributed by atoms with Crippen LogP contribution in [0.25, 0.3) is 10.9 Å². The smallest absolute Gasteiger partial charge is 0.255 e. The molecule has 3 aromatic rings. The Bertz CT molecular complexity index is 1250. The van der Waals surface area contributed by atoms with Gasteiger partial charge in [-0.2, -0.15) is 4.31 Å². The van der Waals surface area contributed by atoms with E-state index in [4.69, 9.17) is 16.3 Å². The highest BCUT2D eigenvalue weighted by Crippen LogP contribution is 2.26. The summed E-state index contributed by atoms with van der Waals surface area (Å²) in [5.41, 5.74) is 1.89. The summed E-state index contributed by atoms with van der Waals surface area (Å²) in [4.78, 5) is 19.4. The summed E-state index contributed by atoms with van der Waals surface area (Å²) in [5, 5.41) is 1.03. The van der Waals surface area contributed by atoms with Gasteiger partial charge in [-0.1, -0.05) is 23.7 Å². The Labute approximate surface area is 186 Å². The maximum absolute atomic E-state index is 13.1. The molecule has 1 aliphatic rings. The number of sulfonamides is 1. The number of fused-ring (bicyclic) bond motifs is 1. The maximum atomic E-state index is 13.1. The molecule has 9 heteroatoms. The number of ether oxygens (including phenoxy) is 1. The molecule has 0 N–H and O–H groups in total. The van der Waals surface area contributed by atoms with E-state index in [1.165, 1.54) is 10.4 Å². The van der Waals surface area contributed by atoms with Crippen LogP contribution in [0.15, 0.2) is 53.4 Å². The highest BCUT2D eigenvalue weighted by Gasteiger charge is 2.32. The quantitative estimate of drug-likeness (QED) is 0.597. The van der Waals surface area contributed by atoms with Crippen molar-refractivity contribution in [3.05, 3.63) is 64.8 Å². The first-order chi connectivity index (χ1) is 14.8. The number of carbonyl (C=O) groups excluding carboxylic acids is 1. The number of hydrogen-bond acceptors (Lipinski definition) is 5. The molecule has 0 saturated carbocycles. The topological polar surface area (TPSA) is 79.8 Å². The van der Waals surface area contributed by atoms with E-state index < -0.39 is 10.0 Å². The molecule has 31 heavy (non-hydrogen) atoms. The van der Waals surface area contributed by atoms with Crippen molar-refractivity contribution in [2.24, 2.45) is 0 Å². The predicted octanol–water partition coefficient (Wildman–Crippen LogP) is 3.35. The Morgan fingerprint density at radius 1 is 1.06 bits per heavy atom. The van der Waals surface area contributed by atoms with Crippen LogP contribution < -0.4 is 4.74 Å². The summed E-state index contributed by atoms with van der Waals surface area (Å²) in [6.07, 6.45) is 0. The highest BCUT2D eigenvalue weighted by atomic mass is 35.5. The van der Waals surface area contributed by atoms with Gasteiger partial charge in [0.15, 0.2) is 0 Å². The first-order valence-electron chi connectivity index (χ1n) is 9.80. The number of halogens is 1. The van der Waals surface area contributed by atoms with E-state index in [2.05, 4.69) is 4.98 Å². The van der Waals surface area contributed by atoms with Crippen LogP contribution in [0.2, 0.25) is 5.02 Å². The molecule has 1 aromatic heterocycles. The molecule has 4 rings (SSSR count). The lowest BCUT2D eigenvalue weighted by molar-refractivity contribution is 0.0697. The summed E-state index contributed by atoms with van der Waals surface area (Å²) in [6.45, 7) is 2.79. The Kier molecular flexibility index (Phi) is 5.88. The summed E-state index contributed by atoms with van der Waals surface area (Å²) in [7, 11) is -2.12. The molecule has 1 aliphatic heterocycles. The van der Waals surface area contributed by atoms with Crippen LogP contribution in [0.4, 0.5) is 0 Å². The lowest BCUT2D eigenvalue weighted by Gasteiger charge is -2.34. The monoisotopic (exact) mass is 459 g/mol. The van der Waals surface area contributed by atoms with Gasteiger partial charge in [0.25, 0.3) is 5.91 Å². The van der Waals surface area contributed by atoms with E-state index in [0.29, 0.717) is 30.1 Å². The number of benzene rings is 2. The highest BCUT2D eigenvalue weighted by molar-refractivity contribution is 7.89. The second-order valence-electron chi connectivity index (χ2n) is 7.31. The summed E-state index contributed by atoms with van der Waals surface area (Å²) in [5.74, 6) is 0.548. The minimum absolute atomic E-state index is 0.0847. The fraction of sp³-hybridized carbons (Fsp3) is 0.273. The lowest BCUT2D eigenvalue weighted by atomic mass is 10.1. The third-order valence-electron chi connectivity index (χ3n) is 5.43. The minimum atomic E-state index is -3.71. The molecule has 0 spiro atoms. The number of aryl methyl sites for hydroxylation is 1. The van der Waals surface area contributed by atoms with Gasteiger partial charge < -0.3 is 9.64 Å². The Morgan fingerprint density at radius 2 is 1.77 bits per heavy atom. The Morgan fingerprint density at radius 3 is 2.45 bits per heavy atom. The molecule has 0 bridgehead atoms. The number of methoxy groups -OCH3 is 1. The summed E-state index contributed by atoms with van der Waals surface area (Å²) in [6, 6.07) is 13.7. The van der Waals surface area contributed by atoms with Crippen molar-refractivity contribution in [1.82, 2.24) is 14.2 Å². The normalized spacial score (nSPS) is 15.3. The molecule has 7 nitrogen and oxygen atoms in total. The molecule has 0 aliphatic carbocycles. The third kappa shape index (κ3) is 4.11. The van der Waals surface area contributed by atoms with Gasteiger partial charge in [0.05, 0.1) is 28.9 Å². The van der Waals surface area contributed by atoms with Gasteiger partial charge in [0.1, 0.15) is 10.6 Å². The number of pyridine rings is 1. The van der Waals surface area contributed by atoms with Crippen molar-refractivity contribution in [3.8, 4) is 5.75 Å². The molecule has 0 radical (unpaired) electrons. The van der Waals surface area contributed by atoms with Gasteiger partial charge in [0, 0.05) is 37.6 Å². The third-order valence-corrected chi connectivity index (χ3v) is 7.82. The first-order valence-corrected chi connectivity index (χ1v) is 11.6. The molecule has 1 amide bonds. The zero-order valence-corrected chi connectivity index (χ0v) is 18.8. The predicted molar refractivity (Wildman–Crippen MR) is 119 cm³/mol. The van der Waals surface area contributed by atoms with Crippen LogP contribution in [-0.4, -0.2) is 61.8 Å². The number of nitrogens with zero attached hydrogens (tertiary/aromatic N) is 3. The molecule has 1 fully saturated rings. The zero-order chi connectivity index (χ0) is 22.2. The van der Waals surface area contributed by atoms with Crippen LogP contribution in [0.3, 0.4) is 0 Å². The number of carbonyl (C=O) groups is 1. The molecule has 1 saturated heterocycles. The Balaban J connectivity index is 1.52. The average molecular weight is 460 g/mol. The fourth-order valence-corrected chi connectivity index (χ4v) is 5.60. The van der Waals surface area contributed by atoms with Crippen molar-refractivity contribution < 1.29 is 17.9 Å². The van der Waals surface area contributed by atoms with Crippen molar-refractivity contribution >= 4 is 38.4 Å². The second kappa shape index (κ2) is 8.45. The molecule has 2 heterocycles. The summed E-state index contributed by atoms with van der Waals surface area (Å²) >= 11 is 6.09. The maximum Gasteiger partial charge on any atom is 0.255 e. The minimum Gasteiger partial charge on any atom is -0.497 e. The van der Waals surface area contributed by atoms with E-state index in [9.17, 15) is 13.2 Å². The summed E-state index contributed by atoms with van der Waals surface area (Å²) < 4.78 is 32.5. The Hall–Kier alpha value is -2.68. The van der Waals surface area contributed by atoms with Crippen LogP contribution in [0, 0.1) is 6.92 Å². The van der Waals surface area contributed by atoms with Crippen LogP contribution in [0.5, 0.6) is 5.75 Å². The number of amides is 1. The van der Waals surface area contributed by atoms with Crippen molar-refractivity contribution in [2.75, 3.05) is 33.3 Å². The van der Waals surface area contributed by atoms with Crippen LogP contribution in [0.1, 0.15) is 16.1 Å². The number of rotatable bonds is 4. The van der Waals surface area contributed by atoms with E-state index >= 15 is 0 Å². The van der Waals surface area contributed by atoms with Gasteiger partial charge in [-0.15, -0.1) is 0 Å². The molecule has 0 unspecified atom stereocenters. The van der Waals surface area contributed by atoms with Gasteiger partial charge in [-0.25, -0.2) is 8.42 Å². The number of hydrogen-bond donors (Lipinski definition) is 0. The van der Waals surface area contributed by atoms with E-state index in [1.54, 1.807) is 37.1 Å². The van der Waals surface area contributed by atoms with E-state index in [-0.39, 0.29) is 28.9 Å². The van der Waals surface area contributed by atoms with Gasteiger partial charge in [-0.3, -0.25) is 9.78 Å². The zero-order valence-electron chi connectivity index (χ0n) is 17.2. The molecule has 0 atom stereocenters. The number of piperazine rings is 1. The standard InChI is InChI=1S/C22H22ClN3O4S/c1-15-18(13-16-7-8-17(30-2)14-20(16)24-15)22(27)25-9-11-26(12-10-25)31(28,29)21-6-4-3-5-19(21)23/h3-8,13-14H,9-12H2,1-2H3. The van der Waals surface area contributed by atoms with Gasteiger partial charge >= 0.3 is 0 Å². The second-order valence-corrected chi connectivity index (χ2v) is 9.62. The first kappa shape index (κ1) is 21.5.